The van der Waals surface area contributed by atoms with E-state index in [9.17, 15) is 4.79 Å². The van der Waals surface area contributed by atoms with E-state index in [-0.39, 0.29) is 0 Å². The maximum atomic E-state index is 12.4. The molecule has 1 aliphatic heterocycles. The Balaban J connectivity index is 1.64. The standard InChI is InChI=1S/C15H25NO/c1-11-10-13(11)15(17)16-9-5-8-14(16)12-6-3-2-4-7-12/h11-14H,2-10H2,1H3/t11-,13+,14-/m1/s1. The highest BCUT2D eigenvalue weighted by molar-refractivity contribution is 5.82. The van der Waals surface area contributed by atoms with Crippen LogP contribution in [0.3, 0.4) is 0 Å². The van der Waals surface area contributed by atoms with Crippen molar-refractivity contribution in [2.45, 2.75) is 64.3 Å². The SMILES string of the molecule is C[C@@H]1C[C@@H]1C(=O)N1CCC[C@@H]1C1CCCCC1. The number of rotatable bonds is 2. The highest BCUT2D eigenvalue weighted by Gasteiger charge is 2.45. The molecule has 1 saturated heterocycles. The second kappa shape index (κ2) is 4.62. The minimum atomic E-state index is 0.388. The first kappa shape index (κ1) is 11.6. The van der Waals surface area contributed by atoms with Gasteiger partial charge in [0.2, 0.25) is 5.91 Å². The first-order chi connectivity index (χ1) is 8.27. The van der Waals surface area contributed by atoms with Crippen molar-refractivity contribution in [2.24, 2.45) is 17.8 Å². The second-order valence-electron chi connectivity index (χ2n) is 6.46. The monoisotopic (exact) mass is 235 g/mol. The molecule has 0 aromatic rings. The van der Waals surface area contributed by atoms with E-state index in [4.69, 9.17) is 0 Å². The van der Waals surface area contributed by atoms with Gasteiger partial charge in [0.1, 0.15) is 0 Å². The fraction of sp³-hybridized carbons (Fsp3) is 0.933. The third kappa shape index (κ3) is 2.23. The van der Waals surface area contributed by atoms with Crippen LogP contribution in [0.4, 0.5) is 0 Å². The lowest BCUT2D eigenvalue weighted by Gasteiger charge is -2.34. The Morgan fingerprint density at radius 1 is 1.06 bits per heavy atom. The summed E-state index contributed by atoms with van der Waals surface area (Å²) in [6, 6.07) is 0.607. The minimum absolute atomic E-state index is 0.388. The van der Waals surface area contributed by atoms with Gasteiger partial charge in [0.05, 0.1) is 0 Å². The maximum Gasteiger partial charge on any atom is 0.226 e. The van der Waals surface area contributed by atoms with Crippen molar-refractivity contribution in [3.63, 3.8) is 0 Å². The van der Waals surface area contributed by atoms with Crippen LogP contribution in [0.1, 0.15) is 58.3 Å². The van der Waals surface area contributed by atoms with E-state index in [1.54, 1.807) is 0 Å². The van der Waals surface area contributed by atoms with Gasteiger partial charge in [0, 0.05) is 18.5 Å². The zero-order chi connectivity index (χ0) is 11.8. The van der Waals surface area contributed by atoms with Crippen molar-refractivity contribution in [1.82, 2.24) is 4.90 Å². The summed E-state index contributed by atoms with van der Waals surface area (Å²) in [6.45, 7) is 3.26. The number of hydrogen-bond donors (Lipinski definition) is 0. The number of carbonyl (C=O) groups is 1. The summed E-state index contributed by atoms with van der Waals surface area (Å²) < 4.78 is 0. The molecule has 3 fully saturated rings. The lowest BCUT2D eigenvalue weighted by Crippen LogP contribution is -2.41. The number of hydrogen-bond acceptors (Lipinski definition) is 1. The average molecular weight is 235 g/mol. The van der Waals surface area contributed by atoms with E-state index < -0.39 is 0 Å². The molecule has 0 spiro atoms. The molecule has 3 aliphatic rings. The minimum Gasteiger partial charge on any atom is -0.339 e. The van der Waals surface area contributed by atoms with Crippen molar-refractivity contribution in [2.75, 3.05) is 6.54 Å². The lowest BCUT2D eigenvalue weighted by molar-refractivity contribution is -0.134. The smallest absolute Gasteiger partial charge is 0.226 e. The number of likely N-dealkylation sites (tertiary alicyclic amines) is 1. The van der Waals surface area contributed by atoms with Crippen LogP contribution < -0.4 is 0 Å². The van der Waals surface area contributed by atoms with Crippen LogP contribution in [0.2, 0.25) is 0 Å². The van der Waals surface area contributed by atoms with E-state index in [2.05, 4.69) is 11.8 Å². The first-order valence-electron chi connectivity index (χ1n) is 7.58. The van der Waals surface area contributed by atoms with Crippen LogP contribution in [0.5, 0.6) is 0 Å². The Bertz CT molecular complexity index is 295. The van der Waals surface area contributed by atoms with Crippen molar-refractivity contribution in [3.8, 4) is 0 Å². The summed E-state index contributed by atoms with van der Waals surface area (Å²) in [6.07, 6.45) is 10.6. The highest BCUT2D eigenvalue weighted by Crippen LogP contribution is 2.42. The van der Waals surface area contributed by atoms with Gasteiger partial charge in [0.15, 0.2) is 0 Å². The Morgan fingerprint density at radius 2 is 1.76 bits per heavy atom. The molecule has 2 nitrogen and oxygen atoms in total. The van der Waals surface area contributed by atoms with Gasteiger partial charge in [-0.05, 0) is 43.9 Å². The Morgan fingerprint density at radius 3 is 2.41 bits per heavy atom. The zero-order valence-electron chi connectivity index (χ0n) is 11.0. The molecule has 2 saturated carbocycles. The highest BCUT2D eigenvalue weighted by atomic mass is 16.2. The molecule has 17 heavy (non-hydrogen) atoms. The normalized spacial score (nSPS) is 38.4. The molecular formula is C15H25NO. The van der Waals surface area contributed by atoms with Crippen LogP contribution in [-0.2, 0) is 4.79 Å². The molecular weight excluding hydrogens is 210 g/mol. The fourth-order valence-electron chi connectivity index (χ4n) is 3.95. The molecule has 0 N–H and O–H groups in total. The quantitative estimate of drug-likeness (QED) is 0.719. The molecule has 96 valence electrons. The van der Waals surface area contributed by atoms with Gasteiger partial charge >= 0.3 is 0 Å². The van der Waals surface area contributed by atoms with Gasteiger partial charge in [-0.25, -0.2) is 0 Å². The Kier molecular flexibility index (Phi) is 3.14. The Hall–Kier alpha value is -0.530. The fourth-order valence-corrected chi connectivity index (χ4v) is 3.95. The van der Waals surface area contributed by atoms with Crippen molar-refractivity contribution >= 4 is 5.91 Å². The number of nitrogens with zero attached hydrogens (tertiary/aromatic N) is 1. The first-order valence-corrected chi connectivity index (χ1v) is 7.58. The summed E-state index contributed by atoms with van der Waals surface area (Å²) in [5.74, 6) is 2.36. The molecule has 2 aliphatic carbocycles. The molecule has 1 amide bonds. The zero-order valence-corrected chi connectivity index (χ0v) is 11.0. The lowest BCUT2D eigenvalue weighted by atomic mass is 9.83. The van der Waals surface area contributed by atoms with E-state index in [1.807, 2.05) is 0 Å². The van der Waals surface area contributed by atoms with Gasteiger partial charge in [-0.3, -0.25) is 4.79 Å². The molecule has 2 heteroatoms. The third-order valence-corrected chi connectivity index (χ3v) is 5.20. The van der Waals surface area contributed by atoms with Crippen LogP contribution in [0.25, 0.3) is 0 Å². The molecule has 0 unspecified atom stereocenters. The molecule has 3 atom stereocenters. The predicted molar refractivity (Wildman–Crippen MR) is 68.6 cm³/mol. The summed E-state index contributed by atoms with van der Waals surface area (Å²) in [4.78, 5) is 14.7. The van der Waals surface area contributed by atoms with Crippen molar-refractivity contribution in [1.29, 1.82) is 0 Å². The third-order valence-electron chi connectivity index (χ3n) is 5.20. The largest absolute Gasteiger partial charge is 0.339 e. The second-order valence-corrected chi connectivity index (χ2v) is 6.46. The Labute approximate surface area is 105 Å². The summed E-state index contributed by atoms with van der Waals surface area (Å²) >= 11 is 0. The molecule has 0 bridgehead atoms. The van der Waals surface area contributed by atoms with E-state index in [1.165, 1.54) is 44.9 Å². The number of amides is 1. The molecule has 3 rings (SSSR count). The molecule has 0 aromatic carbocycles. The van der Waals surface area contributed by atoms with Gasteiger partial charge in [-0.15, -0.1) is 0 Å². The van der Waals surface area contributed by atoms with E-state index in [0.717, 1.165) is 18.9 Å². The van der Waals surface area contributed by atoms with E-state index >= 15 is 0 Å². The van der Waals surface area contributed by atoms with Crippen LogP contribution in [-0.4, -0.2) is 23.4 Å². The van der Waals surface area contributed by atoms with Gasteiger partial charge in [-0.2, -0.15) is 0 Å². The summed E-state index contributed by atoms with van der Waals surface area (Å²) in [5.41, 5.74) is 0. The average Bonchev–Trinajstić information content (AvgIpc) is 2.92. The van der Waals surface area contributed by atoms with Gasteiger partial charge < -0.3 is 4.90 Å². The van der Waals surface area contributed by atoms with E-state index in [0.29, 0.717) is 23.8 Å². The van der Waals surface area contributed by atoms with Crippen molar-refractivity contribution in [3.05, 3.63) is 0 Å². The predicted octanol–water partition coefficient (Wildman–Crippen LogP) is 3.21. The van der Waals surface area contributed by atoms with Crippen LogP contribution >= 0.6 is 0 Å². The summed E-state index contributed by atoms with van der Waals surface area (Å²) in [5, 5.41) is 0. The number of carbonyl (C=O) groups excluding carboxylic acids is 1. The molecule has 1 heterocycles. The van der Waals surface area contributed by atoms with Crippen LogP contribution in [0, 0.1) is 17.8 Å². The van der Waals surface area contributed by atoms with Gasteiger partial charge in [0.25, 0.3) is 0 Å². The van der Waals surface area contributed by atoms with Gasteiger partial charge in [-0.1, -0.05) is 26.2 Å². The molecule has 0 aromatic heterocycles. The maximum absolute atomic E-state index is 12.4. The molecule has 0 radical (unpaired) electrons. The van der Waals surface area contributed by atoms with Crippen LogP contribution in [0.15, 0.2) is 0 Å². The summed E-state index contributed by atoms with van der Waals surface area (Å²) in [7, 11) is 0. The van der Waals surface area contributed by atoms with Crippen molar-refractivity contribution < 1.29 is 4.79 Å². The topological polar surface area (TPSA) is 20.3 Å².